The van der Waals surface area contributed by atoms with Crippen molar-refractivity contribution in [1.29, 1.82) is 0 Å². The first-order valence-electron chi connectivity index (χ1n) is 8.53. The van der Waals surface area contributed by atoms with Gasteiger partial charge in [0.25, 0.3) is 0 Å². The van der Waals surface area contributed by atoms with Crippen molar-refractivity contribution in [2.24, 2.45) is 0 Å². The third-order valence-electron chi connectivity index (χ3n) is 4.44. The molecule has 0 aliphatic carbocycles. The molecular weight excluding hydrogens is 354 g/mol. The highest BCUT2D eigenvalue weighted by Crippen LogP contribution is 2.32. The Hall–Kier alpha value is -3.29. The van der Waals surface area contributed by atoms with Gasteiger partial charge >= 0.3 is 6.03 Å². The van der Waals surface area contributed by atoms with Crippen LogP contribution >= 0.6 is 0 Å². The first-order chi connectivity index (χ1) is 13.1. The number of nitrogens with one attached hydrogen (secondary N) is 1. The van der Waals surface area contributed by atoms with Crippen molar-refractivity contribution in [2.75, 3.05) is 11.9 Å². The molecule has 8 heteroatoms. The molecule has 2 heterocycles. The number of aromatic nitrogens is 2. The molecule has 1 aromatic heterocycles. The van der Waals surface area contributed by atoms with E-state index in [9.17, 15) is 13.6 Å². The summed E-state index contributed by atoms with van der Waals surface area (Å²) in [5, 5.41) is 6.39. The average Bonchev–Trinajstić information content (AvgIpc) is 3.34. The van der Waals surface area contributed by atoms with Crippen molar-refractivity contribution in [1.82, 2.24) is 15.0 Å². The quantitative estimate of drug-likeness (QED) is 0.743. The molecule has 3 aromatic rings. The normalized spacial score (nSPS) is 16.5. The second-order valence-corrected chi connectivity index (χ2v) is 6.23. The summed E-state index contributed by atoms with van der Waals surface area (Å²) in [7, 11) is 0. The van der Waals surface area contributed by atoms with E-state index in [1.807, 2.05) is 30.3 Å². The highest BCUT2D eigenvalue weighted by Gasteiger charge is 2.34. The van der Waals surface area contributed by atoms with Crippen molar-refractivity contribution >= 4 is 11.7 Å². The summed E-state index contributed by atoms with van der Waals surface area (Å²) >= 11 is 0. The minimum Gasteiger partial charge on any atom is -0.337 e. The van der Waals surface area contributed by atoms with Gasteiger partial charge < -0.3 is 14.7 Å². The molecule has 1 aliphatic heterocycles. The standard InChI is InChI=1S/C19H16F2N4O2/c20-13-8-9-14(21)15(11-13)22-19(26)25-10-4-7-16(25)18-23-17(24-27-18)12-5-2-1-3-6-12/h1-3,5-6,8-9,11,16H,4,7,10H2,(H,22,26)/t16-/m0/s1. The second kappa shape index (κ2) is 7.14. The Kier molecular flexibility index (Phi) is 4.53. The van der Waals surface area contributed by atoms with Crippen LogP contribution in [0.1, 0.15) is 24.8 Å². The number of hydrogen-bond acceptors (Lipinski definition) is 4. The lowest BCUT2D eigenvalue weighted by Gasteiger charge is -2.22. The van der Waals surface area contributed by atoms with E-state index in [-0.39, 0.29) is 5.69 Å². The van der Waals surface area contributed by atoms with Crippen molar-refractivity contribution < 1.29 is 18.1 Å². The van der Waals surface area contributed by atoms with E-state index >= 15 is 0 Å². The molecule has 1 aliphatic rings. The monoisotopic (exact) mass is 370 g/mol. The van der Waals surface area contributed by atoms with Crippen LogP contribution < -0.4 is 5.32 Å². The molecule has 2 aromatic carbocycles. The third kappa shape index (κ3) is 3.51. The number of likely N-dealkylation sites (tertiary alicyclic amines) is 1. The predicted octanol–water partition coefficient (Wildman–Crippen LogP) is 4.38. The number of halogens is 2. The molecule has 1 saturated heterocycles. The maximum absolute atomic E-state index is 13.8. The van der Waals surface area contributed by atoms with Crippen LogP contribution in [0.2, 0.25) is 0 Å². The first-order valence-corrected chi connectivity index (χ1v) is 8.53. The number of rotatable bonds is 3. The Labute approximate surface area is 153 Å². The molecule has 6 nitrogen and oxygen atoms in total. The molecule has 0 bridgehead atoms. The average molecular weight is 370 g/mol. The van der Waals surface area contributed by atoms with Crippen LogP contribution in [-0.4, -0.2) is 27.6 Å². The summed E-state index contributed by atoms with van der Waals surface area (Å²) in [6, 6.07) is 11.3. The van der Waals surface area contributed by atoms with Crippen LogP contribution in [0.3, 0.4) is 0 Å². The lowest BCUT2D eigenvalue weighted by Crippen LogP contribution is -2.34. The van der Waals surface area contributed by atoms with Gasteiger partial charge in [0.15, 0.2) is 0 Å². The second-order valence-electron chi connectivity index (χ2n) is 6.23. The smallest absolute Gasteiger partial charge is 0.322 e. The van der Waals surface area contributed by atoms with E-state index in [1.54, 1.807) is 0 Å². The summed E-state index contributed by atoms with van der Waals surface area (Å²) in [6.45, 7) is 0.455. The van der Waals surface area contributed by atoms with Gasteiger partial charge in [-0.15, -0.1) is 0 Å². The largest absolute Gasteiger partial charge is 0.337 e. The number of urea groups is 1. The van der Waals surface area contributed by atoms with E-state index in [0.717, 1.165) is 30.2 Å². The van der Waals surface area contributed by atoms with Crippen LogP contribution in [0.4, 0.5) is 19.3 Å². The van der Waals surface area contributed by atoms with Gasteiger partial charge in [-0.05, 0) is 25.0 Å². The van der Waals surface area contributed by atoms with E-state index < -0.39 is 23.7 Å². The molecule has 2 amide bonds. The fourth-order valence-corrected chi connectivity index (χ4v) is 3.12. The van der Waals surface area contributed by atoms with Gasteiger partial charge in [-0.25, -0.2) is 13.6 Å². The maximum atomic E-state index is 13.8. The Morgan fingerprint density at radius 3 is 2.81 bits per heavy atom. The zero-order valence-electron chi connectivity index (χ0n) is 14.2. The van der Waals surface area contributed by atoms with Crippen LogP contribution in [0.5, 0.6) is 0 Å². The molecule has 0 saturated carbocycles. The number of hydrogen-bond donors (Lipinski definition) is 1. The minimum absolute atomic E-state index is 0.207. The topological polar surface area (TPSA) is 71.3 Å². The number of amides is 2. The summed E-state index contributed by atoms with van der Waals surface area (Å²) < 4.78 is 32.5. The third-order valence-corrected chi connectivity index (χ3v) is 4.44. The summed E-state index contributed by atoms with van der Waals surface area (Å²) in [5.74, 6) is -0.575. The Morgan fingerprint density at radius 2 is 2.00 bits per heavy atom. The van der Waals surface area contributed by atoms with Crippen molar-refractivity contribution in [3.63, 3.8) is 0 Å². The first kappa shape index (κ1) is 17.1. The van der Waals surface area contributed by atoms with Crippen LogP contribution in [-0.2, 0) is 0 Å². The van der Waals surface area contributed by atoms with Crippen molar-refractivity contribution in [3.8, 4) is 11.4 Å². The molecule has 1 N–H and O–H groups in total. The van der Waals surface area contributed by atoms with E-state index in [1.165, 1.54) is 4.90 Å². The molecule has 4 rings (SSSR count). The maximum Gasteiger partial charge on any atom is 0.322 e. The number of carbonyl (C=O) groups excluding carboxylic acids is 1. The molecule has 1 atom stereocenters. The summed E-state index contributed by atoms with van der Waals surface area (Å²) in [6.07, 6.45) is 1.39. The molecule has 0 spiro atoms. The predicted molar refractivity (Wildman–Crippen MR) is 93.8 cm³/mol. The van der Waals surface area contributed by atoms with Crippen LogP contribution in [0.25, 0.3) is 11.4 Å². The molecule has 1 fully saturated rings. The molecule has 138 valence electrons. The van der Waals surface area contributed by atoms with Crippen molar-refractivity contribution in [2.45, 2.75) is 18.9 Å². The minimum atomic E-state index is -0.704. The molecule has 0 radical (unpaired) electrons. The van der Waals surface area contributed by atoms with Crippen LogP contribution in [0, 0.1) is 11.6 Å². The van der Waals surface area contributed by atoms with Gasteiger partial charge in [-0.3, -0.25) is 0 Å². The van der Waals surface area contributed by atoms with Gasteiger partial charge in [0.2, 0.25) is 11.7 Å². The Bertz CT molecular complexity index is 961. The fourth-order valence-electron chi connectivity index (χ4n) is 3.12. The van der Waals surface area contributed by atoms with Gasteiger partial charge in [-0.1, -0.05) is 35.5 Å². The summed E-state index contributed by atoms with van der Waals surface area (Å²) in [5.41, 5.74) is 0.601. The number of nitrogens with zero attached hydrogens (tertiary/aromatic N) is 3. The van der Waals surface area contributed by atoms with E-state index in [0.29, 0.717) is 24.7 Å². The van der Waals surface area contributed by atoms with Gasteiger partial charge in [-0.2, -0.15) is 4.98 Å². The van der Waals surface area contributed by atoms with Gasteiger partial charge in [0, 0.05) is 18.2 Å². The Morgan fingerprint density at radius 1 is 1.19 bits per heavy atom. The van der Waals surface area contributed by atoms with Gasteiger partial charge in [0.05, 0.1) is 5.69 Å². The molecule has 0 unspecified atom stereocenters. The number of anilines is 1. The molecule has 27 heavy (non-hydrogen) atoms. The van der Waals surface area contributed by atoms with Gasteiger partial charge in [0.1, 0.15) is 17.7 Å². The zero-order chi connectivity index (χ0) is 18.8. The fraction of sp³-hybridized carbons (Fsp3) is 0.211. The number of carbonyl (C=O) groups is 1. The lowest BCUT2D eigenvalue weighted by atomic mass is 10.2. The van der Waals surface area contributed by atoms with E-state index in [2.05, 4.69) is 15.5 Å². The van der Waals surface area contributed by atoms with Crippen LogP contribution in [0.15, 0.2) is 53.1 Å². The highest BCUT2D eigenvalue weighted by molar-refractivity contribution is 5.89. The Balaban J connectivity index is 1.53. The highest BCUT2D eigenvalue weighted by atomic mass is 19.1. The summed E-state index contributed by atoms with van der Waals surface area (Å²) in [4.78, 5) is 18.5. The molecular formula is C19H16F2N4O2. The number of benzene rings is 2. The SMILES string of the molecule is O=C(Nc1cc(F)ccc1F)N1CCC[C@H]1c1nc(-c2ccccc2)no1. The van der Waals surface area contributed by atoms with E-state index in [4.69, 9.17) is 4.52 Å². The van der Waals surface area contributed by atoms with Crippen molar-refractivity contribution in [3.05, 3.63) is 66.1 Å². The lowest BCUT2D eigenvalue weighted by molar-refractivity contribution is 0.193. The zero-order valence-corrected chi connectivity index (χ0v) is 14.2.